The number of hydrogen-bond donors (Lipinski definition) is 2. The van der Waals surface area contributed by atoms with Gasteiger partial charge >= 0.3 is 0 Å². The van der Waals surface area contributed by atoms with Crippen molar-refractivity contribution in [2.75, 3.05) is 26.8 Å². The van der Waals surface area contributed by atoms with Gasteiger partial charge in [0.05, 0.1) is 13.2 Å². The van der Waals surface area contributed by atoms with Crippen LogP contribution in [0.4, 0.5) is 0 Å². The maximum Gasteiger partial charge on any atom is 0.234 e. The number of carbonyl (C=O) groups is 1. The van der Waals surface area contributed by atoms with E-state index in [0.717, 1.165) is 12.8 Å². The fraction of sp³-hybridized carbons (Fsp3) is 0.923. The Hall–Kier alpha value is -0.650. The summed E-state index contributed by atoms with van der Waals surface area (Å²) in [5.74, 6) is 0.0618. The van der Waals surface area contributed by atoms with E-state index in [4.69, 9.17) is 10.5 Å². The van der Waals surface area contributed by atoms with Crippen LogP contribution in [0.3, 0.4) is 0 Å². The molecule has 1 saturated heterocycles. The number of methoxy groups -OCH3 is 1. The first-order valence-electron chi connectivity index (χ1n) is 6.82. The molecule has 106 valence electrons. The predicted octanol–water partition coefficient (Wildman–Crippen LogP) is 0.339. The van der Waals surface area contributed by atoms with Crippen molar-refractivity contribution >= 4 is 5.91 Å². The summed E-state index contributed by atoms with van der Waals surface area (Å²) in [6.45, 7) is 5.74. The highest BCUT2D eigenvalue weighted by Crippen LogP contribution is 2.21. The molecule has 0 aliphatic carbocycles. The van der Waals surface area contributed by atoms with Crippen LogP contribution in [0.2, 0.25) is 0 Å². The van der Waals surface area contributed by atoms with Gasteiger partial charge in [-0.3, -0.25) is 9.69 Å². The summed E-state index contributed by atoms with van der Waals surface area (Å²) in [4.78, 5) is 14.2. The molecule has 1 fully saturated rings. The molecule has 0 aromatic heterocycles. The number of ether oxygens (including phenoxy) is 1. The molecular formula is C13H27N3O2. The van der Waals surface area contributed by atoms with Crippen molar-refractivity contribution in [1.82, 2.24) is 10.2 Å². The Balaban J connectivity index is 2.45. The van der Waals surface area contributed by atoms with E-state index < -0.39 is 0 Å². The lowest BCUT2D eigenvalue weighted by molar-refractivity contribution is -0.124. The Bertz CT molecular complexity index is 261. The second-order valence-corrected chi connectivity index (χ2v) is 5.27. The van der Waals surface area contributed by atoms with Gasteiger partial charge in [0.25, 0.3) is 0 Å². The molecule has 0 aromatic rings. The van der Waals surface area contributed by atoms with Gasteiger partial charge in [-0.05, 0) is 26.7 Å². The van der Waals surface area contributed by atoms with Gasteiger partial charge in [0, 0.05) is 31.8 Å². The third kappa shape index (κ3) is 4.55. The third-order valence-corrected chi connectivity index (χ3v) is 3.62. The molecule has 3 N–H and O–H groups in total. The van der Waals surface area contributed by atoms with E-state index in [9.17, 15) is 4.79 Å². The molecular weight excluding hydrogens is 230 g/mol. The Labute approximate surface area is 110 Å². The molecule has 1 aliphatic rings. The number of hydrogen-bond acceptors (Lipinski definition) is 4. The lowest BCUT2D eigenvalue weighted by atomic mass is 9.96. The van der Waals surface area contributed by atoms with Crippen LogP contribution in [0, 0.1) is 0 Å². The van der Waals surface area contributed by atoms with E-state index in [-0.39, 0.29) is 11.9 Å². The third-order valence-electron chi connectivity index (χ3n) is 3.62. The molecule has 0 saturated carbocycles. The predicted molar refractivity (Wildman–Crippen MR) is 72.3 cm³/mol. The Morgan fingerprint density at radius 1 is 1.56 bits per heavy atom. The van der Waals surface area contributed by atoms with Crippen LogP contribution in [0.1, 0.15) is 33.1 Å². The van der Waals surface area contributed by atoms with Crippen molar-refractivity contribution < 1.29 is 9.53 Å². The highest BCUT2D eigenvalue weighted by atomic mass is 16.5. The van der Waals surface area contributed by atoms with Gasteiger partial charge in [-0.25, -0.2) is 0 Å². The van der Waals surface area contributed by atoms with Crippen LogP contribution < -0.4 is 11.1 Å². The van der Waals surface area contributed by atoms with E-state index in [1.165, 1.54) is 6.42 Å². The number of nitrogens with two attached hydrogens (primary N) is 1. The van der Waals surface area contributed by atoms with Crippen LogP contribution in [0.5, 0.6) is 0 Å². The second kappa shape index (κ2) is 7.71. The lowest BCUT2D eigenvalue weighted by Crippen LogP contribution is -2.53. The zero-order chi connectivity index (χ0) is 13.5. The molecule has 3 unspecified atom stereocenters. The number of nitrogens with one attached hydrogen (secondary N) is 1. The summed E-state index contributed by atoms with van der Waals surface area (Å²) < 4.78 is 5.01. The van der Waals surface area contributed by atoms with Crippen molar-refractivity contribution in [2.24, 2.45) is 5.73 Å². The normalized spacial score (nSPS) is 26.9. The first kappa shape index (κ1) is 15.4. The van der Waals surface area contributed by atoms with Crippen molar-refractivity contribution in [3.05, 3.63) is 0 Å². The van der Waals surface area contributed by atoms with Gasteiger partial charge in [-0.2, -0.15) is 0 Å². The largest absolute Gasteiger partial charge is 0.383 e. The summed E-state index contributed by atoms with van der Waals surface area (Å²) >= 11 is 0. The molecule has 0 spiro atoms. The topological polar surface area (TPSA) is 67.6 Å². The number of likely N-dealkylation sites (tertiary alicyclic amines) is 1. The second-order valence-electron chi connectivity index (χ2n) is 5.27. The van der Waals surface area contributed by atoms with E-state index in [1.54, 1.807) is 7.11 Å². The van der Waals surface area contributed by atoms with Gasteiger partial charge in [0.2, 0.25) is 5.91 Å². The quantitative estimate of drug-likeness (QED) is 0.720. The van der Waals surface area contributed by atoms with E-state index >= 15 is 0 Å². The van der Waals surface area contributed by atoms with Crippen LogP contribution in [0.15, 0.2) is 0 Å². The molecule has 5 heteroatoms. The van der Waals surface area contributed by atoms with Crippen molar-refractivity contribution in [3.63, 3.8) is 0 Å². The van der Waals surface area contributed by atoms with Crippen molar-refractivity contribution in [3.8, 4) is 0 Å². The minimum atomic E-state index is 0.0546. The maximum absolute atomic E-state index is 12.0. The standard InChI is InChI=1S/C13H27N3O2/c1-10(9-18-3)15-13(17)8-16-11(2)5-4-6-12(16)7-14/h10-12H,4-9,14H2,1-3H3,(H,15,17). The van der Waals surface area contributed by atoms with Crippen LogP contribution in [0.25, 0.3) is 0 Å². The zero-order valence-corrected chi connectivity index (χ0v) is 11.8. The van der Waals surface area contributed by atoms with Gasteiger partial charge in [-0.1, -0.05) is 6.42 Å². The molecule has 0 aromatic carbocycles. The fourth-order valence-electron chi connectivity index (χ4n) is 2.66. The summed E-state index contributed by atoms with van der Waals surface area (Å²) in [5, 5.41) is 2.95. The first-order valence-corrected chi connectivity index (χ1v) is 6.82. The highest BCUT2D eigenvalue weighted by molar-refractivity contribution is 5.78. The molecule has 1 heterocycles. The van der Waals surface area contributed by atoms with Gasteiger partial charge in [-0.15, -0.1) is 0 Å². The molecule has 1 rings (SSSR count). The van der Waals surface area contributed by atoms with Crippen molar-refractivity contribution in [2.45, 2.75) is 51.2 Å². The van der Waals surface area contributed by atoms with Gasteiger partial charge < -0.3 is 15.8 Å². The Kier molecular flexibility index (Phi) is 6.60. The maximum atomic E-state index is 12.0. The van der Waals surface area contributed by atoms with Crippen LogP contribution in [-0.4, -0.2) is 55.7 Å². The first-order chi connectivity index (χ1) is 8.58. The van der Waals surface area contributed by atoms with Crippen LogP contribution in [-0.2, 0) is 9.53 Å². The van der Waals surface area contributed by atoms with Gasteiger partial charge in [0.15, 0.2) is 0 Å². The summed E-state index contributed by atoms with van der Waals surface area (Å²) in [7, 11) is 1.64. The SMILES string of the molecule is COCC(C)NC(=O)CN1C(C)CCCC1CN. The number of carbonyl (C=O) groups excluding carboxylic acids is 1. The van der Waals surface area contributed by atoms with E-state index in [1.807, 2.05) is 6.92 Å². The minimum Gasteiger partial charge on any atom is -0.383 e. The molecule has 3 atom stereocenters. The molecule has 1 amide bonds. The molecule has 5 nitrogen and oxygen atoms in total. The Morgan fingerprint density at radius 2 is 2.28 bits per heavy atom. The summed E-state index contributed by atoms with van der Waals surface area (Å²) in [6.07, 6.45) is 3.46. The molecule has 0 radical (unpaired) electrons. The highest BCUT2D eigenvalue weighted by Gasteiger charge is 2.28. The minimum absolute atomic E-state index is 0.0546. The average Bonchev–Trinajstić information content (AvgIpc) is 2.31. The number of nitrogens with zero attached hydrogens (tertiary/aromatic N) is 1. The average molecular weight is 257 g/mol. The molecule has 1 aliphatic heterocycles. The number of amides is 1. The monoisotopic (exact) mass is 257 g/mol. The van der Waals surface area contributed by atoms with Crippen LogP contribution >= 0.6 is 0 Å². The number of piperidine rings is 1. The smallest absolute Gasteiger partial charge is 0.234 e. The van der Waals surface area contributed by atoms with E-state index in [0.29, 0.717) is 31.8 Å². The zero-order valence-electron chi connectivity index (χ0n) is 11.8. The summed E-state index contributed by atoms with van der Waals surface area (Å²) in [6, 6.07) is 0.840. The van der Waals surface area contributed by atoms with E-state index in [2.05, 4.69) is 17.1 Å². The lowest BCUT2D eigenvalue weighted by Gasteiger charge is -2.39. The van der Waals surface area contributed by atoms with Gasteiger partial charge in [0.1, 0.15) is 0 Å². The number of rotatable bonds is 6. The summed E-state index contributed by atoms with van der Waals surface area (Å²) in [5.41, 5.74) is 5.79. The molecule has 18 heavy (non-hydrogen) atoms. The molecule has 0 bridgehead atoms. The Morgan fingerprint density at radius 3 is 2.89 bits per heavy atom. The van der Waals surface area contributed by atoms with Crippen molar-refractivity contribution in [1.29, 1.82) is 0 Å². The fourth-order valence-corrected chi connectivity index (χ4v) is 2.66.